The molecule has 0 spiro atoms. The molecule has 0 radical (unpaired) electrons. The summed E-state index contributed by atoms with van der Waals surface area (Å²) < 4.78 is 35.9. The Kier molecular flexibility index (Phi) is 3.55. The second-order valence-electron chi connectivity index (χ2n) is 2.54. The summed E-state index contributed by atoms with van der Waals surface area (Å²) in [7, 11) is 0. The third-order valence-corrected chi connectivity index (χ3v) is 2.50. The topological polar surface area (TPSA) is 26.0 Å². The average molecular weight is 242 g/mol. The van der Waals surface area contributed by atoms with Crippen molar-refractivity contribution in [3.63, 3.8) is 0 Å². The Labute approximate surface area is 88.4 Å². The van der Waals surface area contributed by atoms with Gasteiger partial charge in [0.25, 0.3) is 0 Å². The average Bonchev–Trinajstić information content (AvgIpc) is 2.06. The number of halogens is 4. The SMILES string of the molecule is Nc1ccc(SC(F)(F)F)cc1CCl. The first-order chi connectivity index (χ1) is 6.42. The lowest BCUT2D eigenvalue weighted by atomic mass is 10.2. The summed E-state index contributed by atoms with van der Waals surface area (Å²) in [4.78, 5) is 0.0994. The smallest absolute Gasteiger partial charge is 0.398 e. The Hall–Kier alpha value is -0.550. The molecule has 6 heteroatoms. The number of nitrogens with two attached hydrogens (primary N) is 1. The van der Waals surface area contributed by atoms with Gasteiger partial charge in [0.05, 0.1) is 0 Å². The van der Waals surface area contributed by atoms with Gasteiger partial charge in [-0.2, -0.15) is 13.2 Å². The molecule has 0 aliphatic rings. The van der Waals surface area contributed by atoms with Crippen LogP contribution in [0.2, 0.25) is 0 Å². The maximum atomic E-state index is 12.0. The number of nitrogen functional groups attached to an aromatic ring is 1. The Morgan fingerprint density at radius 2 is 2.00 bits per heavy atom. The minimum Gasteiger partial charge on any atom is -0.398 e. The zero-order valence-electron chi connectivity index (χ0n) is 6.94. The van der Waals surface area contributed by atoms with E-state index in [0.29, 0.717) is 11.3 Å². The number of hydrogen-bond donors (Lipinski definition) is 1. The highest BCUT2D eigenvalue weighted by Crippen LogP contribution is 2.37. The van der Waals surface area contributed by atoms with Crippen LogP contribution in [0, 0.1) is 0 Å². The van der Waals surface area contributed by atoms with Gasteiger partial charge in [-0.1, -0.05) is 0 Å². The molecule has 0 saturated heterocycles. The van der Waals surface area contributed by atoms with Gasteiger partial charge >= 0.3 is 5.51 Å². The van der Waals surface area contributed by atoms with Gasteiger partial charge in [0.2, 0.25) is 0 Å². The highest BCUT2D eigenvalue weighted by molar-refractivity contribution is 8.00. The molecular weight excluding hydrogens is 235 g/mol. The lowest BCUT2D eigenvalue weighted by molar-refractivity contribution is -0.0328. The third kappa shape index (κ3) is 3.31. The van der Waals surface area contributed by atoms with E-state index >= 15 is 0 Å². The summed E-state index contributed by atoms with van der Waals surface area (Å²) in [5.74, 6) is 0.109. The van der Waals surface area contributed by atoms with Crippen LogP contribution < -0.4 is 5.73 Å². The van der Waals surface area contributed by atoms with Gasteiger partial charge < -0.3 is 5.73 Å². The van der Waals surface area contributed by atoms with Gasteiger partial charge in [-0.3, -0.25) is 0 Å². The van der Waals surface area contributed by atoms with Gasteiger partial charge in [-0.15, -0.1) is 11.6 Å². The Morgan fingerprint density at radius 1 is 1.36 bits per heavy atom. The normalized spacial score (nSPS) is 11.7. The van der Waals surface area contributed by atoms with E-state index in [4.69, 9.17) is 17.3 Å². The molecule has 0 heterocycles. The van der Waals surface area contributed by atoms with Crippen molar-refractivity contribution in [3.05, 3.63) is 23.8 Å². The van der Waals surface area contributed by atoms with Crippen LogP contribution in [0.4, 0.5) is 18.9 Å². The largest absolute Gasteiger partial charge is 0.446 e. The van der Waals surface area contributed by atoms with Crippen molar-refractivity contribution in [1.29, 1.82) is 0 Å². The molecular formula is C8H7ClF3NS. The maximum absolute atomic E-state index is 12.0. The van der Waals surface area contributed by atoms with Gasteiger partial charge in [0.1, 0.15) is 0 Å². The fourth-order valence-corrected chi connectivity index (χ4v) is 1.73. The van der Waals surface area contributed by atoms with Gasteiger partial charge in [0.15, 0.2) is 0 Å². The van der Waals surface area contributed by atoms with Crippen molar-refractivity contribution in [2.24, 2.45) is 0 Å². The van der Waals surface area contributed by atoms with Crippen LogP contribution in [0.15, 0.2) is 23.1 Å². The third-order valence-electron chi connectivity index (χ3n) is 1.49. The summed E-state index contributed by atoms with van der Waals surface area (Å²) in [5, 5.41) is 0. The molecule has 0 bridgehead atoms. The van der Waals surface area contributed by atoms with Gasteiger partial charge in [-0.25, -0.2) is 0 Å². The van der Waals surface area contributed by atoms with Crippen molar-refractivity contribution in [2.45, 2.75) is 16.3 Å². The number of rotatable bonds is 2. The van der Waals surface area contributed by atoms with Crippen LogP contribution in [-0.2, 0) is 5.88 Å². The van der Waals surface area contributed by atoms with E-state index in [1.165, 1.54) is 18.2 Å². The summed E-state index contributed by atoms with van der Waals surface area (Å²) in [6, 6.07) is 4.09. The maximum Gasteiger partial charge on any atom is 0.446 e. The number of alkyl halides is 4. The van der Waals surface area contributed by atoms with Crippen molar-refractivity contribution in [2.75, 3.05) is 5.73 Å². The summed E-state index contributed by atoms with van der Waals surface area (Å²) in [5.41, 5.74) is 2.13. The lowest BCUT2D eigenvalue weighted by Crippen LogP contribution is -2.00. The molecule has 1 aromatic carbocycles. The molecule has 0 unspecified atom stereocenters. The fraction of sp³-hybridized carbons (Fsp3) is 0.250. The van der Waals surface area contributed by atoms with Crippen molar-refractivity contribution < 1.29 is 13.2 Å². The second-order valence-corrected chi connectivity index (χ2v) is 3.95. The molecule has 78 valence electrons. The first kappa shape index (κ1) is 11.5. The molecule has 0 atom stereocenters. The number of benzene rings is 1. The lowest BCUT2D eigenvalue weighted by Gasteiger charge is -2.07. The van der Waals surface area contributed by atoms with E-state index in [0.717, 1.165) is 0 Å². The molecule has 0 aliphatic heterocycles. The monoisotopic (exact) mass is 241 g/mol. The van der Waals surface area contributed by atoms with Crippen LogP contribution in [0.5, 0.6) is 0 Å². The summed E-state index contributed by atoms with van der Waals surface area (Å²) in [6.07, 6.45) is 0. The first-order valence-corrected chi connectivity index (χ1v) is 4.97. The number of thioether (sulfide) groups is 1. The number of anilines is 1. The summed E-state index contributed by atoms with van der Waals surface area (Å²) in [6.45, 7) is 0. The van der Waals surface area contributed by atoms with Crippen LogP contribution in [0.3, 0.4) is 0 Å². The molecule has 1 rings (SSSR count). The standard InChI is InChI=1S/C8H7ClF3NS/c9-4-5-3-6(1-2-7(5)13)14-8(10,11)12/h1-3H,4,13H2. The minimum atomic E-state index is -4.28. The predicted molar refractivity (Wildman–Crippen MR) is 52.3 cm³/mol. The second kappa shape index (κ2) is 4.31. The molecule has 1 nitrogen and oxygen atoms in total. The molecule has 14 heavy (non-hydrogen) atoms. The van der Waals surface area contributed by atoms with Crippen LogP contribution in [0.1, 0.15) is 5.56 Å². The molecule has 0 aliphatic carbocycles. The first-order valence-electron chi connectivity index (χ1n) is 3.62. The molecule has 0 fully saturated rings. The Balaban J connectivity index is 2.90. The Bertz CT molecular complexity index is 327. The van der Waals surface area contributed by atoms with Gasteiger partial charge in [-0.05, 0) is 35.5 Å². The molecule has 1 aromatic rings. The molecule has 2 N–H and O–H groups in total. The van der Waals surface area contributed by atoms with E-state index in [1.807, 2.05) is 0 Å². The van der Waals surface area contributed by atoms with Crippen LogP contribution in [-0.4, -0.2) is 5.51 Å². The van der Waals surface area contributed by atoms with E-state index in [1.54, 1.807) is 0 Å². The van der Waals surface area contributed by atoms with E-state index in [9.17, 15) is 13.2 Å². The van der Waals surface area contributed by atoms with Gasteiger partial charge in [0, 0.05) is 16.5 Å². The van der Waals surface area contributed by atoms with Crippen LogP contribution in [0.25, 0.3) is 0 Å². The van der Waals surface area contributed by atoms with E-state index in [2.05, 4.69) is 0 Å². The zero-order chi connectivity index (χ0) is 10.8. The van der Waals surface area contributed by atoms with E-state index in [-0.39, 0.29) is 22.5 Å². The van der Waals surface area contributed by atoms with Crippen molar-refractivity contribution in [1.82, 2.24) is 0 Å². The molecule has 0 saturated carbocycles. The van der Waals surface area contributed by atoms with Crippen molar-refractivity contribution >= 4 is 29.1 Å². The minimum absolute atomic E-state index is 0.0994. The highest BCUT2D eigenvalue weighted by atomic mass is 35.5. The van der Waals surface area contributed by atoms with Crippen molar-refractivity contribution in [3.8, 4) is 0 Å². The van der Waals surface area contributed by atoms with E-state index < -0.39 is 5.51 Å². The quantitative estimate of drug-likeness (QED) is 0.486. The number of hydrogen-bond acceptors (Lipinski definition) is 2. The fourth-order valence-electron chi connectivity index (χ4n) is 0.895. The van der Waals surface area contributed by atoms with Crippen LogP contribution >= 0.6 is 23.4 Å². The predicted octanol–water partition coefficient (Wildman–Crippen LogP) is 3.62. The molecule has 0 amide bonds. The Morgan fingerprint density at radius 3 is 2.50 bits per heavy atom. The highest BCUT2D eigenvalue weighted by Gasteiger charge is 2.29. The molecule has 0 aromatic heterocycles. The summed E-state index contributed by atoms with van der Waals surface area (Å²) >= 11 is 5.33. The zero-order valence-corrected chi connectivity index (χ0v) is 8.51.